The molecule has 0 aliphatic carbocycles. The standard InChI is InChI=1S/C12H16FNO/c1-8-5-9(2)11(10(13)6-8)12(15)3-4-14-7-12/h5-6,14-15H,3-4,7H2,1-2H3. The molecule has 15 heavy (non-hydrogen) atoms. The molecule has 0 saturated carbocycles. The van der Waals surface area contributed by atoms with Gasteiger partial charge in [-0.2, -0.15) is 0 Å². The molecule has 2 rings (SSSR count). The van der Waals surface area contributed by atoms with Crippen LogP contribution in [0.15, 0.2) is 12.1 Å². The maximum Gasteiger partial charge on any atom is 0.129 e. The number of β-amino-alcohol motifs (C(OH)–C–C–N with tert-alkyl or cyclic N) is 1. The Labute approximate surface area is 89.1 Å². The van der Waals surface area contributed by atoms with E-state index in [0.717, 1.165) is 17.7 Å². The Kier molecular flexibility index (Phi) is 2.52. The lowest BCUT2D eigenvalue weighted by molar-refractivity contribution is 0.0542. The van der Waals surface area contributed by atoms with Crippen molar-refractivity contribution in [1.29, 1.82) is 0 Å². The summed E-state index contributed by atoms with van der Waals surface area (Å²) < 4.78 is 13.8. The van der Waals surface area contributed by atoms with E-state index in [-0.39, 0.29) is 5.82 Å². The van der Waals surface area contributed by atoms with Crippen molar-refractivity contribution in [3.8, 4) is 0 Å². The highest BCUT2D eigenvalue weighted by molar-refractivity contribution is 5.37. The smallest absolute Gasteiger partial charge is 0.129 e. The van der Waals surface area contributed by atoms with Crippen molar-refractivity contribution in [2.24, 2.45) is 0 Å². The van der Waals surface area contributed by atoms with Gasteiger partial charge in [0.15, 0.2) is 0 Å². The molecule has 1 atom stereocenters. The van der Waals surface area contributed by atoms with Crippen LogP contribution in [0.2, 0.25) is 0 Å². The van der Waals surface area contributed by atoms with Crippen molar-refractivity contribution in [1.82, 2.24) is 5.32 Å². The lowest BCUT2D eigenvalue weighted by atomic mass is 9.88. The van der Waals surface area contributed by atoms with Crippen LogP contribution in [0.5, 0.6) is 0 Å². The third-order valence-electron chi connectivity index (χ3n) is 3.03. The quantitative estimate of drug-likeness (QED) is 0.736. The van der Waals surface area contributed by atoms with E-state index in [2.05, 4.69) is 5.32 Å². The first kappa shape index (κ1) is 10.6. The predicted octanol–water partition coefficient (Wildman–Crippen LogP) is 1.62. The van der Waals surface area contributed by atoms with E-state index in [0.29, 0.717) is 18.5 Å². The molecule has 2 nitrogen and oxygen atoms in total. The van der Waals surface area contributed by atoms with Crippen molar-refractivity contribution in [3.63, 3.8) is 0 Å². The fraction of sp³-hybridized carbons (Fsp3) is 0.500. The van der Waals surface area contributed by atoms with Crippen LogP contribution in [-0.4, -0.2) is 18.2 Å². The van der Waals surface area contributed by atoms with E-state index in [1.807, 2.05) is 19.9 Å². The molecule has 1 aromatic carbocycles. The SMILES string of the molecule is Cc1cc(C)c(C2(O)CCNC2)c(F)c1. The highest BCUT2D eigenvalue weighted by Gasteiger charge is 2.36. The van der Waals surface area contributed by atoms with E-state index in [4.69, 9.17) is 0 Å². The van der Waals surface area contributed by atoms with Crippen molar-refractivity contribution >= 4 is 0 Å². The molecule has 2 N–H and O–H groups in total. The van der Waals surface area contributed by atoms with Crippen LogP contribution in [0.4, 0.5) is 4.39 Å². The molecule has 0 bridgehead atoms. The van der Waals surface area contributed by atoms with E-state index in [1.54, 1.807) is 0 Å². The summed E-state index contributed by atoms with van der Waals surface area (Å²) >= 11 is 0. The van der Waals surface area contributed by atoms with Gasteiger partial charge < -0.3 is 10.4 Å². The molecular weight excluding hydrogens is 193 g/mol. The van der Waals surface area contributed by atoms with Crippen LogP contribution in [0, 0.1) is 19.7 Å². The topological polar surface area (TPSA) is 32.3 Å². The van der Waals surface area contributed by atoms with Gasteiger partial charge in [0.25, 0.3) is 0 Å². The maximum atomic E-state index is 13.8. The second-order valence-corrected chi connectivity index (χ2v) is 4.40. The van der Waals surface area contributed by atoms with E-state index in [9.17, 15) is 9.50 Å². The van der Waals surface area contributed by atoms with Gasteiger partial charge in [-0.1, -0.05) is 6.07 Å². The number of aliphatic hydroxyl groups is 1. The fourth-order valence-corrected chi connectivity index (χ4v) is 2.40. The zero-order valence-corrected chi connectivity index (χ0v) is 9.10. The first-order chi connectivity index (χ1) is 7.03. The van der Waals surface area contributed by atoms with E-state index in [1.165, 1.54) is 6.07 Å². The lowest BCUT2D eigenvalue weighted by Crippen LogP contribution is -2.30. The van der Waals surface area contributed by atoms with Gasteiger partial charge in [-0.05, 0) is 44.0 Å². The zero-order valence-electron chi connectivity index (χ0n) is 9.10. The van der Waals surface area contributed by atoms with Crippen molar-refractivity contribution in [2.75, 3.05) is 13.1 Å². The zero-order chi connectivity index (χ0) is 11.1. The average Bonchev–Trinajstić information content (AvgIpc) is 2.50. The van der Waals surface area contributed by atoms with Gasteiger partial charge >= 0.3 is 0 Å². The fourth-order valence-electron chi connectivity index (χ4n) is 2.40. The van der Waals surface area contributed by atoms with Crippen LogP contribution in [0.3, 0.4) is 0 Å². The highest BCUT2D eigenvalue weighted by atomic mass is 19.1. The average molecular weight is 209 g/mol. The van der Waals surface area contributed by atoms with E-state index < -0.39 is 5.60 Å². The van der Waals surface area contributed by atoms with Gasteiger partial charge in [0.2, 0.25) is 0 Å². The monoisotopic (exact) mass is 209 g/mol. The summed E-state index contributed by atoms with van der Waals surface area (Å²) in [5.74, 6) is -0.293. The Hall–Kier alpha value is -0.930. The second-order valence-electron chi connectivity index (χ2n) is 4.40. The molecule has 1 aliphatic heterocycles. The van der Waals surface area contributed by atoms with Crippen LogP contribution < -0.4 is 5.32 Å². The molecule has 0 radical (unpaired) electrons. The number of benzene rings is 1. The molecular formula is C12H16FNO. The number of hydrogen-bond donors (Lipinski definition) is 2. The summed E-state index contributed by atoms with van der Waals surface area (Å²) in [6.45, 7) is 4.88. The van der Waals surface area contributed by atoms with Crippen LogP contribution in [-0.2, 0) is 5.60 Å². The molecule has 1 aliphatic rings. The lowest BCUT2D eigenvalue weighted by Gasteiger charge is -2.24. The minimum absolute atomic E-state index is 0.293. The van der Waals surface area contributed by atoms with Crippen LogP contribution in [0.25, 0.3) is 0 Å². The first-order valence-corrected chi connectivity index (χ1v) is 5.23. The first-order valence-electron chi connectivity index (χ1n) is 5.23. The summed E-state index contributed by atoms with van der Waals surface area (Å²) in [7, 11) is 0. The van der Waals surface area contributed by atoms with Crippen molar-refractivity contribution in [2.45, 2.75) is 25.9 Å². The van der Waals surface area contributed by atoms with Gasteiger partial charge in [-0.25, -0.2) is 4.39 Å². The minimum Gasteiger partial charge on any atom is -0.384 e. The molecule has 1 unspecified atom stereocenters. The third-order valence-corrected chi connectivity index (χ3v) is 3.03. The van der Waals surface area contributed by atoms with Gasteiger partial charge in [0.1, 0.15) is 11.4 Å². The normalized spacial score (nSPS) is 25.9. The van der Waals surface area contributed by atoms with Crippen molar-refractivity contribution < 1.29 is 9.50 Å². The molecule has 1 aromatic rings. The predicted molar refractivity (Wildman–Crippen MR) is 57.3 cm³/mol. The van der Waals surface area contributed by atoms with Gasteiger partial charge in [0, 0.05) is 12.1 Å². The van der Waals surface area contributed by atoms with Gasteiger partial charge in [-0.3, -0.25) is 0 Å². The molecule has 82 valence electrons. The summed E-state index contributed by atoms with van der Waals surface area (Å²) in [4.78, 5) is 0. The number of rotatable bonds is 1. The number of hydrogen-bond acceptors (Lipinski definition) is 2. The molecule has 1 saturated heterocycles. The largest absolute Gasteiger partial charge is 0.384 e. The number of nitrogens with one attached hydrogen (secondary N) is 1. The third kappa shape index (κ3) is 1.77. The van der Waals surface area contributed by atoms with Gasteiger partial charge in [-0.15, -0.1) is 0 Å². The summed E-state index contributed by atoms with van der Waals surface area (Å²) in [6, 6.07) is 3.40. The highest BCUT2D eigenvalue weighted by Crippen LogP contribution is 2.32. The summed E-state index contributed by atoms with van der Waals surface area (Å²) in [6.07, 6.45) is 0.577. The maximum absolute atomic E-state index is 13.8. The molecule has 1 heterocycles. The molecule has 0 spiro atoms. The molecule has 1 fully saturated rings. The summed E-state index contributed by atoms with van der Waals surface area (Å²) in [5, 5.41) is 13.4. The molecule has 0 aromatic heterocycles. The van der Waals surface area contributed by atoms with Crippen LogP contribution in [0.1, 0.15) is 23.1 Å². The molecule has 0 amide bonds. The number of halogens is 1. The van der Waals surface area contributed by atoms with Crippen molar-refractivity contribution in [3.05, 3.63) is 34.6 Å². The Morgan fingerprint density at radius 2 is 2.13 bits per heavy atom. The second kappa shape index (κ2) is 3.58. The van der Waals surface area contributed by atoms with Crippen LogP contribution >= 0.6 is 0 Å². The molecule has 3 heteroatoms. The Balaban J connectivity index is 2.52. The Morgan fingerprint density at radius 3 is 2.67 bits per heavy atom. The Bertz CT molecular complexity index is 360. The minimum atomic E-state index is -1.03. The Morgan fingerprint density at radius 1 is 1.40 bits per heavy atom. The summed E-state index contributed by atoms with van der Waals surface area (Å²) in [5.41, 5.74) is 1.15. The van der Waals surface area contributed by atoms with Gasteiger partial charge in [0.05, 0.1) is 0 Å². The van der Waals surface area contributed by atoms with E-state index >= 15 is 0 Å². The number of aryl methyl sites for hydroxylation is 2.